The number of ketones is 1. The van der Waals surface area contributed by atoms with Gasteiger partial charge in [-0.15, -0.1) is 6.58 Å². The molecule has 0 spiro atoms. The smallest absolute Gasteiger partial charge is 0.334 e. The molecule has 3 fully saturated rings. The maximum atomic E-state index is 15.5. The van der Waals surface area contributed by atoms with Gasteiger partial charge in [-0.2, -0.15) is 8.42 Å². The third-order valence-corrected chi connectivity index (χ3v) is 12.1. The lowest BCUT2D eigenvalue weighted by Crippen LogP contribution is -2.63. The number of aryl methyl sites for hydroxylation is 1. The van der Waals surface area contributed by atoms with Crippen molar-refractivity contribution in [1.82, 2.24) is 0 Å². The fourth-order valence-electron chi connectivity index (χ4n) is 8.35. The standard InChI is InChI=1S/C30H39FO8S/c1-7-28(5)14-21(24(27(34)35)39-40(36,37)20-10-8-17(2)9-11-20)29(6)18(3)12-13-30(19(4)26(28)38-16-32)15-22(31)23(33)25(29)30/h7-11,16,18-19,21-22,24-26H,1,12-15H2,2-6H3,(H,34,35)/t18-,19+,21+,22?,24+,25+,26+,28-,29-,30+/m1/s1. The van der Waals surface area contributed by atoms with Crippen LogP contribution in [0.2, 0.25) is 0 Å². The molecule has 10 atom stereocenters. The maximum absolute atomic E-state index is 15.5. The molecular weight excluding hydrogens is 539 g/mol. The predicted molar refractivity (Wildman–Crippen MR) is 144 cm³/mol. The summed E-state index contributed by atoms with van der Waals surface area (Å²) in [4.78, 5) is 38.1. The van der Waals surface area contributed by atoms with E-state index >= 15 is 4.39 Å². The maximum Gasteiger partial charge on any atom is 0.334 e. The third-order valence-electron chi connectivity index (χ3n) is 10.7. The van der Waals surface area contributed by atoms with Crippen LogP contribution in [0.4, 0.5) is 4.39 Å². The molecule has 8 nitrogen and oxygen atoms in total. The molecule has 220 valence electrons. The van der Waals surface area contributed by atoms with Crippen LogP contribution in [0, 0.1) is 46.8 Å². The number of alkyl halides is 1. The molecule has 1 aromatic carbocycles. The molecule has 3 saturated carbocycles. The molecule has 4 rings (SSSR count). The van der Waals surface area contributed by atoms with Crippen LogP contribution in [-0.2, 0) is 33.4 Å². The Bertz CT molecular complexity index is 1300. The molecule has 3 aliphatic carbocycles. The number of carbonyl (C=O) groups excluding carboxylic acids is 2. The van der Waals surface area contributed by atoms with E-state index in [1.54, 1.807) is 39.0 Å². The second kappa shape index (κ2) is 10.4. The van der Waals surface area contributed by atoms with Gasteiger partial charge in [0, 0.05) is 23.2 Å². The van der Waals surface area contributed by atoms with Crippen molar-refractivity contribution in [3.8, 4) is 0 Å². The van der Waals surface area contributed by atoms with Crippen LogP contribution in [0.5, 0.6) is 0 Å². The van der Waals surface area contributed by atoms with E-state index in [1.165, 1.54) is 12.1 Å². The topological polar surface area (TPSA) is 124 Å². The normalized spacial score (nSPS) is 40.3. The number of benzene rings is 1. The zero-order chi connectivity index (χ0) is 29.8. The number of rotatable bonds is 8. The fraction of sp³-hybridized carbons (Fsp3) is 0.633. The Morgan fingerprint density at radius 2 is 1.82 bits per heavy atom. The van der Waals surface area contributed by atoms with Crippen LogP contribution in [-0.4, -0.2) is 50.1 Å². The molecular formula is C30H39FO8S. The van der Waals surface area contributed by atoms with Crippen molar-refractivity contribution >= 4 is 28.3 Å². The predicted octanol–water partition coefficient (Wildman–Crippen LogP) is 4.89. The quantitative estimate of drug-likeness (QED) is 0.263. The van der Waals surface area contributed by atoms with Gasteiger partial charge in [-0.05, 0) is 61.5 Å². The second-order valence-electron chi connectivity index (χ2n) is 12.6. The molecule has 0 radical (unpaired) electrons. The van der Waals surface area contributed by atoms with Gasteiger partial charge in [0.1, 0.15) is 6.10 Å². The minimum atomic E-state index is -4.54. The molecule has 1 unspecified atom stereocenters. The Balaban J connectivity index is 1.96. The first-order valence-electron chi connectivity index (χ1n) is 13.7. The number of carboxylic acid groups (broad SMARTS) is 1. The number of carbonyl (C=O) groups is 3. The zero-order valence-corrected chi connectivity index (χ0v) is 24.4. The molecule has 0 aromatic heterocycles. The second-order valence-corrected chi connectivity index (χ2v) is 14.2. The van der Waals surface area contributed by atoms with Crippen molar-refractivity contribution in [1.29, 1.82) is 0 Å². The van der Waals surface area contributed by atoms with Crippen LogP contribution in [0.3, 0.4) is 0 Å². The SMILES string of the molecule is C=C[C@]1(C)C[C@@H]([C@H](OS(=O)(=O)c2ccc(C)cc2)C(=O)O)[C@@]2(C)[C@H](C)CC[C@]3(CC(F)C(=O)[C@H]32)[C@@H](C)[C@@H]1OC=O. The number of ether oxygens (including phenoxy) is 1. The summed E-state index contributed by atoms with van der Waals surface area (Å²) in [6.45, 7) is 13.4. The van der Waals surface area contributed by atoms with Crippen LogP contribution >= 0.6 is 0 Å². The first-order valence-corrected chi connectivity index (χ1v) is 15.1. The van der Waals surface area contributed by atoms with E-state index in [2.05, 4.69) is 6.58 Å². The molecule has 1 N–H and O–H groups in total. The van der Waals surface area contributed by atoms with Crippen molar-refractivity contribution in [3.63, 3.8) is 0 Å². The number of carboxylic acids is 1. The lowest BCUT2D eigenvalue weighted by atomic mass is 9.41. The Hall–Kier alpha value is -2.59. The van der Waals surface area contributed by atoms with Gasteiger partial charge >= 0.3 is 5.97 Å². The van der Waals surface area contributed by atoms with Crippen molar-refractivity contribution in [3.05, 3.63) is 42.5 Å². The summed E-state index contributed by atoms with van der Waals surface area (Å²) < 4.78 is 53.5. The van der Waals surface area contributed by atoms with E-state index in [4.69, 9.17) is 8.92 Å². The first-order chi connectivity index (χ1) is 18.6. The Kier molecular flexibility index (Phi) is 7.86. The van der Waals surface area contributed by atoms with Crippen molar-refractivity contribution in [2.75, 3.05) is 0 Å². The molecule has 40 heavy (non-hydrogen) atoms. The summed E-state index contributed by atoms with van der Waals surface area (Å²) in [6, 6.07) is 5.85. The summed E-state index contributed by atoms with van der Waals surface area (Å²) in [7, 11) is -4.54. The van der Waals surface area contributed by atoms with Gasteiger partial charge in [0.05, 0.1) is 4.90 Å². The van der Waals surface area contributed by atoms with E-state index in [1.807, 2.05) is 13.8 Å². The van der Waals surface area contributed by atoms with Crippen LogP contribution in [0.25, 0.3) is 0 Å². The summed E-state index contributed by atoms with van der Waals surface area (Å²) >= 11 is 0. The van der Waals surface area contributed by atoms with Crippen molar-refractivity contribution in [2.24, 2.45) is 39.9 Å². The molecule has 0 amide bonds. The minimum absolute atomic E-state index is 0.0165. The average Bonchev–Trinajstić information content (AvgIpc) is 3.17. The largest absolute Gasteiger partial charge is 0.479 e. The van der Waals surface area contributed by atoms with Gasteiger partial charge in [0.15, 0.2) is 18.1 Å². The number of halogens is 1. The highest BCUT2D eigenvalue weighted by Gasteiger charge is 2.71. The summed E-state index contributed by atoms with van der Waals surface area (Å²) in [5.41, 5.74) is -2.30. The zero-order valence-electron chi connectivity index (χ0n) is 23.6. The van der Waals surface area contributed by atoms with Gasteiger partial charge in [-0.1, -0.05) is 51.5 Å². The number of aliphatic carboxylic acids is 1. The molecule has 0 heterocycles. The van der Waals surface area contributed by atoms with Crippen LogP contribution in [0.1, 0.15) is 58.9 Å². The van der Waals surface area contributed by atoms with E-state index < -0.39 is 74.2 Å². The molecule has 0 saturated heterocycles. The van der Waals surface area contributed by atoms with Crippen molar-refractivity contribution in [2.45, 2.75) is 83.6 Å². The highest BCUT2D eigenvalue weighted by atomic mass is 32.2. The lowest BCUT2D eigenvalue weighted by molar-refractivity contribution is -0.198. The van der Waals surface area contributed by atoms with Gasteiger partial charge in [-0.25, -0.2) is 9.18 Å². The lowest BCUT2D eigenvalue weighted by Gasteiger charge is -2.63. The Morgan fingerprint density at radius 1 is 1.20 bits per heavy atom. The highest BCUT2D eigenvalue weighted by Crippen LogP contribution is 2.70. The number of hydrogen-bond acceptors (Lipinski definition) is 7. The summed E-state index contributed by atoms with van der Waals surface area (Å²) in [6.07, 6.45) is -1.97. The monoisotopic (exact) mass is 578 g/mol. The van der Waals surface area contributed by atoms with Gasteiger partial charge in [0.2, 0.25) is 0 Å². The molecule has 3 aliphatic rings. The van der Waals surface area contributed by atoms with Crippen molar-refractivity contribution < 1.29 is 41.2 Å². The van der Waals surface area contributed by atoms with E-state index in [0.29, 0.717) is 19.3 Å². The van der Waals surface area contributed by atoms with Gasteiger partial charge in [0.25, 0.3) is 16.6 Å². The molecule has 10 heteroatoms. The molecule has 2 bridgehead atoms. The van der Waals surface area contributed by atoms with Gasteiger partial charge in [-0.3, -0.25) is 13.8 Å². The summed E-state index contributed by atoms with van der Waals surface area (Å²) in [5, 5.41) is 10.5. The van der Waals surface area contributed by atoms with E-state index in [-0.39, 0.29) is 23.7 Å². The van der Waals surface area contributed by atoms with E-state index in [9.17, 15) is 27.9 Å². The Morgan fingerprint density at radius 3 is 2.38 bits per heavy atom. The number of hydrogen-bond donors (Lipinski definition) is 1. The minimum Gasteiger partial charge on any atom is -0.479 e. The third kappa shape index (κ3) is 4.51. The van der Waals surface area contributed by atoms with Gasteiger partial charge < -0.3 is 9.84 Å². The van der Waals surface area contributed by atoms with Crippen LogP contribution in [0.15, 0.2) is 41.8 Å². The van der Waals surface area contributed by atoms with Crippen LogP contribution < -0.4 is 0 Å². The van der Waals surface area contributed by atoms with E-state index in [0.717, 1.165) is 5.56 Å². The first kappa shape index (κ1) is 30.4. The number of Topliss-reactive ketones (excluding diaryl/α,β-unsaturated/α-hetero) is 1. The Labute approximate surface area is 235 Å². The molecule has 0 aliphatic heterocycles. The summed E-state index contributed by atoms with van der Waals surface area (Å²) in [5.74, 6) is -4.83. The average molecular weight is 579 g/mol. The molecule has 1 aromatic rings. The highest BCUT2D eigenvalue weighted by molar-refractivity contribution is 7.86. The fourth-order valence-corrected chi connectivity index (χ4v) is 9.42.